The minimum atomic E-state index is 0. The van der Waals surface area contributed by atoms with E-state index in [1.54, 1.807) is 11.3 Å². The van der Waals surface area contributed by atoms with Crippen molar-refractivity contribution in [3.63, 3.8) is 0 Å². The molecule has 2 aromatic rings. The maximum atomic E-state index is 5.75. The molecule has 0 spiro atoms. The normalized spacial score (nSPS) is 16.4. The first kappa shape index (κ1) is 20.0. The fraction of sp³-hybridized carbons (Fsp3) is 0.421. The number of fused-ring (bicyclic) bond motifs is 1. The zero-order valence-corrected chi connectivity index (χ0v) is 17.9. The molecule has 0 fully saturated rings. The van der Waals surface area contributed by atoms with Gasteiger partial charge in [-0.05, 0) is 48.9 Å². The molecular formula is C19H26IN3OS. The number of guanidine groups is 1. The number of halogens is 1. The van der Waals surface area contributed by atoms with E-state index in [2.05, 4.69) is 54.1 Å². The van der Waals surface area contributed by atoms with Gasteiger partial charge >= 0.3 is 0 Å². The fourth-order valence-electron chi connectivity index (χ4n) is 2.91. The van der Waals surface area contributed by atoms with Gasteiger partial charge in [0.15, 0.2) is 5.96 Å². The van der Waals surface area contributed by atoms with E-state index in [0.29, 0.717) is 5.92 Å². The summed E-state index contributed by atoms with van der Waals surface area (Å²) in [6.45, 7) is 7.47. The smallest absolute Gasteiger partial charge is 0.191 e. The molecule has 2 heterocycles. The van der Waals surface area contributed by atoms with Crippen LogP contribution in [0, 0.1) is 6.92 Å². The van der Waals surface area contributed by atoms with Crippen LogP contribution in [0.3, 0.4) is 0 Å². The summed E-state index contributed by atoms with van der Waals surface area (Å²) in [5, 5.41) is 8.97. The van der Waals surface area contributed by atoms with Gasteiger partial charge in [-0.1, -0.05) is 18.2 Å². The lowest BCUT2D eigenvalue weighted by atomic mass is 9.93. The quantitative estimate of drug-likeness (QED) is 0.389. The molecule has 6 heteroatoms. The van der Waals surface area contributed by atoms with Crippen LogP contribution >= 0.6 is 35.3 Å². The minimum Gasteiger partial charge on any atom is -0.493 e. The number of benzene rings is 1. The number of hydrogen-bond donors (Lipinski definition) is 2. The number of ether oxygens (including phenoxy) is 1. The van der Waals surface area contributed by atoms with Crippen molar-refractivity contribution < 1.29 is 4.74 Å². The van der Waals surface area contributed by atoms with Crippen LogP contribution < -0.4 is 15.4 Å². The van der Waals surface area contributed by atoms with Crippen LogP contribution in [0.2, 0.25) is 0 Å². The maximum Gasteiger partial charge on any atom is 0.191 e. The SMILES string of the molecule is CCNC(=NCc1sccc1C)NCC1CCOc2ccccc21.I. The highest BCUT2D eigenvalue weighted by Gasteiger charge is 2.21. The molecule has 0 saturated heterocycles. The molecule has 0 saturated carbocycles. The summed E-state index contributed by atoms with van der Waals surface area (Å²) in [5.74, 6) is 2.36. The molecule has 0 bridgehead atoms. The van der Waals surface area contributed by atoms with Gasteiger partial charge in [-0.2, -0.15) is 0 Å². The van der Waals surface area contributed by atoms with Gasteiger partial charge in [-0.25, -0.2) is 4.99 Å². The average molecular weight is 471 g/mol. The molecule has 25 heavy (non-hydrogen) atoms. The first-order valence-electron chi connectivity index (χ1n) is 8.54. The molecular weight excluding hydrogens is 445 g/mol. The van der Waals surface area contributed by atoms with E-state index in [1.165, 1.54) is 16.0 Å². The Labute approximate surface area is 171 Å². The molecule has 1 aromatic heterocycles. The average Bonchev–Trinajstić information content (AvgIpc) is 3.02. The second-order valence-corrected chi connectivity index (χ2v) is 6.98. The third-order valence-electron chi connectivity index (χ3n) is 4.29. The van der Waals surface area contributed by atoms with E-state index in [1.807, 2.05) is 6.07 Å². The van der Waals surface area contributed by atoms with Crippen LogP contribution in [-0.4, -0.2) is 25.7 Å². The first-order chi connectivity index (χ1) is 11.8. The van der Waals surface area contributed by atoms with Crippen molar-refractivity contribution in [2.24, 2.45) is 4.99 Å². The van der Waals surface area contributed by atoms with Crippen LogP contribution in [0.1, 0.15) is 35.3 Å². The maximum absolute atomic E-state index is 5.75. The van der Waals surface area contributed by atoms with Crippen molar-refractivity contribution in [3.8, 4) is 5.75 Å². The number of aliphatic imine (C=N–C) groups is 1. The number of aryl methyl sites for hydroxylation is 1. The van der Waals surface area contributed by atoms with Gasteiger partial charge in [-0.15, -0.1) is 35.3 Å². The van der Waals surface area contributed by atoms with E-state index < -0.39 is 0 Å². The van der Waals surface area contributed by atoms with Gasteiger partial charge in [-0.3, -0.25) is 0 Å². The van der Waals surface area contributed by atoms with Gasteiger partial charge in [0, 0.05) is 23.9 Å². The van der Waals surface area contributed by atoms with E-state index in [4.69, 9.17) is 9.73 Å². The van der Waals surface area contributed by atoms with Crippen molar-refractivity contribution >= 4 is 41.3 Å². The Morgan fingerprint density at radius 2 is 2.12 bits per heavy atom. The first-order valence-corrected chi connectivity index (χ1v) is 9.42. The molecule has 0 amide bonds. The molecule has 1 aromatic carbocycles. The summed E-state index contributed by atoms with van der Waals surface area (Å²) in [7, 11) is 0. The molecule has 4 nitrogen and oxygen atoms in total. The monoisotopic (exact) mass is 471 g/mol. The van der Waals surface area contributed by atoms with Crippen molar-refractivity contribution in [2.45, 2.75) is 32.7 Å². The lowest BCUT2D eigenvalue weighted by Gasteiger charge is -2.26. The minimum absolute atomic E-state index is 0. The van der Waals surface area contributed by atoms with Crippen molar-refractivity contribution in [2.75, 3.05) is 19.7 Å². The third-order valence-corrected chi connectivity index (χ3v) is 5.30. The summed E-state index contributed by atoms with van der Waals surface area (Å²) in [6, 6.07) is 10.5. The van der Waals surface area contributed by atoms with Crippen LogP contribution in [0.5, 0.6) is 5.75 Å². The molecule has 1 atom stereocenters. The van der Waals surface area contributed by atoms with E-state index in [0.717, 1.165) is 44.4 Å². The zero-order chi connectivity index (χ0) is 16.8. The molecule has 1 aliphatic heterocycles. The second-order valence-electron chi connectivity index (χ2n) is 5.97. The molecule has 136 valence electrons. The Morgan fingerprint density at radius 1 is 1.28 bits per heavy atom. The van der Waals surface area contributed by atoms with E-state index in [9.17, 15) is 0 Å². The van der Waals surface area contributed by atoms with Gasteiger partial charge in [0.2, 0.25) is 0 Å². The highest BCUT2D eigenvalue weighted by Crippen LogP contribution is 2.32. The summed E-state index contributed by atoms with van der Waals surface area (Å²) in [5.41, 5.74) is 2.61. The predicted molar refractivity (Wildman–Crippen MR) is 117 cm³/mol. The van der Waals surface area contributed by atoms with Gasteiger partial charge in [0.1, 0.15) is 5.75 Å². The number of nitrogens with zero attached hydrogens (tertiary/aromatic N) is 1. The van der Waals surface area contributed by atoms with Crippen molar-refractivity contribution in [1.82, 2.24) is 10.6 Å². The highest BCUT2D eigenvalue weighted by atomic mass is 127. The summed E-state index contributed by atoms with van der Waals surface area (Å²) < 4.78 is 5.75. The lowest BCUT2D eigenvalue weighted by Crippen LogP contribution is -2.40. The lowest BCUT2D eigenvalue weighted by molar-refractivity contribution is 0.267. The summed E-state index contributed by atoms with van der Waals surface area (Å²) >= 11 is 1.77. The van der Waals surface area contributed by atoms with E-state index in [-0.39, 0.29) is 24.0 Å². The summed E-state index contributed by atoms with van der Waals surface area (Å²) in [6.07, 6.45) is 1.04. The van der Waals surface area contributed by atoms with Gasteiger partial charge in [0.05, 0.1) is 13.2 Å². The number of thiophene rings is 1. The molecule has 1 aliphatic rings. The van der Waals surface area contributed by atoms with Gasteiger partial charge in [0.25, 0.3) is 0 Å². The fourth-order valence-corrected chi connectivity index (χ4v) is 3.74. The predicted octanol–water partition coefficient (Wildman–Crippen LogP) is 4.30. The molecule has 0 radical (unpaired) electrons. The van der Waals surface area contributed by atoms with Crippen LogP contribution in [-0.2, 0) is 6.54 Å². The molecule has 1 unspecified atom stereocenters. The molecule has 2 N–H and O–H groups in total. The topological polar surface area (TPSA) is 45.7 Å². The Balaban J connectivity index is 0.00000225. The number of nitrogens with one attached hydrogen (secondary N) is 2. The second kappa shape index (κ2) is 10.0. The van der Waals surface area contributed by atoms with Crippen molar-refractivity contribution in [1.29, 1.82) is 0 Å². The van der Waals surface area contributed by atoms with Gasteiger partial charge < -0.3 is 15.4 Å². The largest absolute Gasteiger partial charge is 0.493 e. The molecule has 0 aliphatic carbocycles. The number of rotatable bonds is 5. The Bertz CT molecular complexity index is 701. The number of para-hydroxylation sites is 1. The van der Waals surface area contributed by atoms with E-state index >= 15 is 0 Å². The number of hydrogen-bond acceptors (Lipinski definition) is 3. The van der Waals surface area contributed by atoms with Crippen molar-refractivity contribution in [3.05, 3.63) is 51.7 Å². The third kappa shape index (κ3) is 5.34. The van der Waals surface area contributed by atoms with Crippen LogP contribution in [0.15, 0.2) is 40.7 Å². The Morgan fingerprint density at radius 3 is 2.88 bits per heavy atom. The van der Waals surface area contributed by atoms with Crippen LogP contribution in [0.4, 0.5) is 0 Å². The highest BCUT2D eigenvalue weighted by molar-refractivity contribution is 14.0. The Kier molecular flexibility index (Phi) is 8.02. The standard InChI is InChI=1S/C19H25N3OS.HI/c1-3-20-19(22-13-18-14(2)9-11-24-18)21-12-15-8-10-23-17-7-5-4-6-16(15)17;/h4-7,9,11,15H,3,8,10,12-13H2,1-2H3,(H2,20,21,22);1H. The van der Waals surface area contributed by atoms with Crippen LogP contribution in [0.25, 0.3) is 0 Å². The molecule has 3 rings (SSSR count). The Hall–Kier alpha value is -1.28. The zero-order valence-electron chi connectivity index (χ0n) is 14.7. The summed E-state index contributed by atoms with van der Waals surface area (Å²) in [4.78, 5) is 6.05.